The van der Waals surface area contributed by atoms with Crippen LogP contribution in [0.25, 0.3) is 11.1 Å². The lowest BCUT2D eigenvalue weighted by atomic mass is 9.99. The van der Waals surface area contributed by atoms with Crippen molar-refractivity contribution in [3.8, 4) is 17.2 Å². The van der Waals surface area contributed by atoms with E-state index in [-0.39, 0.29) is 11.6 Å². The van der Waals surface area contributed by atoms with Gasteiger partial charge in [0.15, 0.2) is 0 Å². The Morgan fingerprint density at radius 1 is 1.08 bits per heavy atom. The number of benzene rings is 2. The molecular weight excluding hydrogens is 298 g/mol. The summed E-state index contributed by atoms with van der Waals surface area (Å²) < 4.78 is 0. The van der Waals surface area contributed by atoms with Crippen molar-refractivity contribution >= 4 is 11.6 Å². The summed E-state index contributed by atoms with van der Waals surface area (Å²) in [7, 11) is 0. The third kappa shape index (κ3) is 3.16. The summed E-state index contributed by atoms with van der Waals surface area (Å²) >= 11 is 0. The van der Waals surface area contributed by atoms with E-state index in [1.54, 1.807) is 6.07 Å². The van der Waals surface area contributed by atoms with Gasteiger partial charge in [-0.25, -0.2) is 0 Å². The molecule has 0 saturated heterocycles. The van der Waals surface area contributed by atoms with Gasteiger partial charge in [-0.05, 0) is 41.8 Å². The predicted octanol–water partition coefficient (Wildman–Crippen LogP) is 4.18. The lowest BCUT2D eigenvalue weighted by Crippen LogP contribution is -2.14. The van der Waals surface area contributed by atoms with Crippen molar-refractivity contribution in [3.05, 3.63) is 83.7 Å². The average Bonchev–Trinajstić information content (AvgIpc) is 2.64. The zero-order valence-corrected chi connectivity index (χ0v) is 13.2. The molecular formula is C20H15N3O. The van der Waals surface area contributed by atoms with Crippen molar-refractivity contribution in [2.24, 2.45) is 0 Å². The monoisotopic (exact) mass is 313 g/mol. The quantitative estimate of drug-likeness (QED) is 0.788. The zero-order valence-electron chi connectivity index (χ0n) is 13.2. The second-order valence-electron chi connectivity index (χ2n) is 5.34. The molecule has 116 valence electrons. The molecule has 0 unspecified atom stereocenters. The van der Waals surface area contributed by atoms with Crippen LogP contribution in [-0.4, -0.2) is 10.9 Å². The Morgan fingerprint density at radius 3 is 2.62 bits per heavy atom. The number of aromatic nitrogens is 1. The van der Waals surface area contributed by atoms with E-state index < -0.39 is 0 Å². The lowest BCUT2D eigenvalue weighted by Gasteiger charge is -2.12. The fraction of sp³-hybridized carbons (Fsp3) is 0.0500. The summed E-state index contributed by atoms with van der Waals surface area (Å²) in [6.07, 6.45) is 1.46. The maximum absolute atomic E-state index is 12.4. The van der Waals surface area contributed by atoms with Gasteiger partial charge in [-0.15, -0.1) is 0 Å². The molecule has 1 aromatic heterocycles. The molecule has 0 aliphatic rings. The molecule has 1 N–H and O–H groups in total. The number of rotatable bonds is 3. The van der Waals surface area contributed by atoms with Crippen LogP contribution in [0.5, 0.6) is 0 Å². The predicted molar refractivity (Wildman–Crippen MR) is 93.5 cm³/mol. The first kappa shape index (κ1) is 15.4. The lowest BCUT2D eigenvalue weighted by molar-refractivity contribution is 0.102. The number of carbonyl (C=O) groups is 1. The van der Waals surface area contributed by atoms with E-state index in [4.69, 9.17) is 5.26 Å². The molecule has 0 saturated carbocycles. The van der Waals surface area contributed by atoms with Gasteiger partial charge in [0.05, 0.1) is 11.6 Å². The molecule has 2 aromatic carbocycles. The summed E-state index contributed by atoms with van der Waals surface area (Å²) in [6.45, 7) is 1.97. The van der Waals surface area contributed by atoms with E-state index in [2.05, 4.69) is 10.3 Å². The molecule has 24 heavy (non-hydrogen) atoms. The van der Waals surface area contributed by atoms with Crippen molar-refractivity contribution in [3.63, 3.8) is 0 Å². The van der Waals surface area contributed by atoms with E-state index in [0.29, 0.717) is 5.56 Å². The summed E-state index contributed by atoms with van der Waals surface area (Å²) in [5.41, 5.74) is 4.49. The molecule has 3 aromatic rings. The summed E-state index contributed by atoms with van der Waals surface area (Å²) in [5, 5.41) is 11.8. The van der Waals surface area contributed by atoms with Gasteiger partial charge in [-0.3, -0.25) is 9.78 Å². The molecule has 4 nitrogen and oxygen atoms in total. The third-order valence-electron chi connectivity index (χ3n) is 3.79. The normalized spacial score (nSPS) is 10.0. The van der Waals surface area contributed by atoms with Crippen molar-refractivity contribution in [1.82, 2.24) is 4.98 Å². The van der Waals surface area contributed by atoms with E-state index in [1.807, 2.05) is 61.5 Å². The maximum Gasteiger partial charge on any atom is 0.274 e. The Hall–Kier alpha value is -3.45. The van der Waals surface area contributed by atoms with Crippen LogP contribution in [0, 0.1) is 18.3 Å². The second kappa shape index (κ2) is 6.76. The number of nitriles is 1. The number of amides is 1. The van der Waals surface area contributed by atoms with Gasteiger partial charge in [0.1, 0.15) is 5.69 Å². The highest BCUT2D eigenvalue weighted by atomic mass is 16.1. The van der Waals surface area contributed by atoms with Gasteiger partial charge in [0.25, 0.3) is 5.91 Å². The minimum atomic E-state index is -0.333. The smallest absolute Gasteiger partial charge is 0.274 e. The number of hydrogen-bond donors (Lipinski definition) is 1. The minimum absolute atomic E-state index is 0.221. The fourth-order valence-corrected chi connectivity index (χ4v) is 2.51. The van der Waals surface area contributed by atoms with Gasteiger partial charge >= 0.3 is 0 Å². The van der Waals surface area contributed by atoms with Gasteiger partial charge in [0.2, 0.25) is 0 Å². The zero-order chi connectivity index (χ0) is 16.9. The second-order valence-corrected chi connectivity index (χ2v) is 5.34. The van der Waals surface area contributed by atoms with E-state index in [9.17, 15) is 4.79 Å². The molecule has 0 aliphatic carbocycles. The Labute approximate surface area is 140 Å². The Balaban J connectivity index is 1.91. The molecule has 0 radical (unpaired) electrons. The topological polar surface area (TPSA) is 65.8 Å². The summed E-state index contributed by atoms with van der Waals surface area (Å²) in [6, 6.07) is 20.8. The van der Waals surface area contributed by atoms with Crippen LogP contribution in [0.2, 0.25) is 0 Å². The fourth-order valence-electron chi connectivity index (χ4n) is 2.51. The van der Waals surface area contributed by atoms with E-state index in [1.165, 1.54) is 12.3 Å². The highest BCUT2D eigenvalue weighted by Crippen LogP contribution is 2.28. The first-order valence-electron chi connectivity index (χ1n) is 7.51. The van der Waals surface area contributed by atoms with E-state index >= 15 is 0 Å². The van der Waals surface area contributed by atoms with Crippen LogP contribution in [0.4, 0.5) is 5.69 Å². The minimum Gasteiger partial charge on any atom is -0.320 e. The van der Waals surface area contributed by atoms with Gasteiger partial charge in [-0.2, -0.15) is 5.26 Å². The largest absolute Gasteiger partial charge is 0.320 e. The molecule has 4 heteroatoms. The number of hydrogen-bond acceptors (Lipinski definition) is 3. The van der Waals surface area contributed by atoms with Crippen LogP contribution in [0.1, 0.15) is 21.6 Å². The van der Waals surface area contributed by atoms with Crippen molar-refractivity contribution in [2.75, 3.05) is 5.32 Å². The highest BCUT2D eigenvalue weighted by molar-refractivity contribution is 6.03. The number of nitrogens with zero attached hydrogens (tertiary/aromatic N) is 2. The standard InChI is InChI=1S/C20H15N3O/c1-14-17(16-6-3-2-4-7-16)8-5-9-18(14)23-20(24)19-12-15(13-21)10-11-22-19/h2-12H,1H3,(H,23,24). The van der Waals surface area contributed by atoms with Crippen LogP contribution in [0.15, 0.2) is 66.9 Å². The van der Waals surface area contributed by atoms with Crippen LogP contribution in [0.3, 0.4) is 0 Å². The highest BCUT2D eigenvalue weighted by Gasteiger charge is 2.12. The average molecular weight is 313 g/mol. The third-order valence-corrected chi connectivity index (χ3v) is 3.79. The summed E-state index contributed by atoms with van der Waals surface area (Å²) in [5.74, 6) is -0.333. The Kier molecular flexibility index (Phi) is 4.35. The van der Waals surface area contributed by atoms with Crippen molar-refractivity contribution in [2.45, 2.75) is 6.92 Å². The first-order chi connectivity index (χ1) is 11.7. The number of pyridine rings is 1. The van der Waals surface area contributed by atoms with Crippen LogP contribution >= 0.6 is 0 Å². The molecule has 1 heterocycles. The van der Waals surface area contributed by atoms with E-state index in [0.717, 1.165) is 22.4 Å². The maximum atomic E-state index is 12.4. The SMILES string of the molecule is Cc1c(NC(=O)c2cc(C#N)ccn2)cccc1-c1ccccc1. The molecule has 0 aliphatic heterocycles. The Morgan fingerprint density at radius 2 is 1.88 bits per heavy atom. The van der Waals surface area contributed by atoms with Gasteiger partial charge < -0.3 is 5.32 Å². The van der Waals surface area contributed by atoms with Gasteiger partial charge in [0, 0.05) is 11.9 Å². The van der Waals surface area contributed by atoms with Crippen LogP contribution < -0.4 is 5.32 Å². The molecule has 0 atom stereocenters. The molecule has 0 bridgehead atoms. The molecule has 0 fully saturated rings. The van der Waals surface area contributed by atoms with Crippen LogP contribution in [-0.2, 0) is 0 Å². The molecule has 0 spiro atoms. The first-order valence-corrected chi connectivity index (χ1v) is 7.51. The summed E-state index contributed by atoms with van der Waals surface area (Å²) in [4.78, 5) is 16.4. The number of anilines is 1. The van der Waals surface area contributed by atoms with Crippen molar-refractivity contribution < 1.29 is 4.79 Å². The number of nitrogens with one attached hydrogen (secondary N) is 1. The number of carbonyl (C=O) groups excluding carboxylic acids is 1. The van der Waals surface area contributed by atoms with Gasteiger partial charge in [-0.1, -0.05) is 42.5 Å². The molecule has 1 amide bonds. The van der Waals surface area contributed by atoms with Crippen molar-refractivity contribution in [1.29, 1.82) is 5.26 Å². The molecule has 3 rings (SSSR count). The Bertz CT molecular complexity index is 927.